The minimum Gasteiger partial charge on any atom is -0.309 e. The molecule has 2 atom stereocenters. The zero-order chi connectivity index (χ0) is 9.38. The van der Waals surface area contributed by atoms with Crippen molar-refractivity contribution < 1.29 is 0 Å². The number of fused-ring (bicyclic) bond motifs is 1. The molecule has 1 fully saturated rings. The van der Waals surface area contributed by atoms with Crippen molar-refractivity contribution in [2.45, 2.75) is 18.9 Å². The fourth-order valence-electron chi connectivity index (χ4n) is 2.45. The number of aromatic nitrogens is 1. The Hall–Kier alpha value is -1.15. The van der Waals surface area contributed by atoms with Crippen molar-refractivity contribution in [1.82, 2.24) is 10.3 Å². The maximum atomic E-state index is 4.17. The van der Waals surface area contributed by atoms with Crippen molar-refractivity contribution in [2.75, 3.05) is 6.54 Å². The molecule has 1 aliphatic carbocycles. The Morgan fingerprint density at radius 1 is 1.43 bits per heavy atom. The van der Waals surface area contributed by atoms with Gasteiger partial charge in [0.1, 0.15) is 0 Å². The summed E-state index contributed by atoms with van der Waals surface area (Å²) in [6, 6.07) is 4.77. The Kier molecular flexibility index (Phi) is 1.88. The Labute approximate surface area is 84.1 Å². The van der Waals surface area contributed by atoms with Gasteiger partial charge in [0.2, 0.25) is 0 Å². The van der Waals surface area contributed by atoms with Crippen LogP contribution < -0.4 is 5.32 Å². The molecule has 2 nitrogen and oxygen atoms in total. The molecule has 2 aliphatic rings. The first-order valence-electron chi connectivity index (χ1n) is 5.29. The maximum Gasteiger partial charge on any atom is 0.0364 e. The second-order valence-electron chi connectivity index (χ2n) is 4.12. The third kappa shape index (κ3) is 1.18. The molecular formula is C12H14N2. The van der Waals surface area contributed by atoms with Crippen molar-refractivity contribution in [2.24, 2.45) is 5.92 Å². The molecular weight excluding hydrogens is 172 g/mol. The van der Waals surface area contributed by atoms with E-state index in [4.69, 9.17) is 0 Å². The van der Waals surface area contributed by atoms with Gasteiger partial charge in [-0.05, 0) is 36.0 Å². The van der Waals surface area contributed by atoms with Crippen molar-refractivity contribution in [3.8, 4) is 0 Å². The highest BCUT2D eigenvalue weighted by molar-refractivity contribution is 5.71. The summed E-state index contributed by atoms with van der Waals surface area (Å²) in [5, 5.41) is 3.50. The lowest BCUT2D eigenvalue weighted by molar-refractivity contribution is 0.262. The summed E-state index contributed by atoms with van der Waals surface area (Å²) >= 11 is 0. The first-order valence-corrected chi connectivity index (χ1v) is 5.29. The third-order valence-corrected chi connectivity index (χ3v) is 3.30. The number of nitrogens with one attached hydrogen (secondary N) is 1. The molecule has 72 valence electrons. The van der Waals surface area contributed by atoms with Crippen molar-refractivity contribution in [3.63, 3.8) is 0 Å². The summed E-state index contributed by atoms with van der Waals surface area (Å²) in [4.78, 5) is 4.17. The molecule has 2 heterocycles. The molecule has 0 unspecified atom stereocenters. The van der Waals surface area contributed by atoms with Crippen molar-refractivity contribution in [1.29, 1.82) is 0 Å². The molecule has 14 heavy (non-hydrogen) atoms. The summed E-state index contributed by atoms with van der Waals surface area (Å²) < 4.78 is 0. The first kappa shape index (κ1) is 8.18. The zero-order valence-electron chi connectivity index (χ0n) is 8.11. The fourth-order valence-corrected chi connectivity index (χ4v) is 2.45. The molecule has 3 rings (SSSR count). The van der Waals surface area contributed by atoms with Gasteiger partial charge >= 0.3 is 0 Å². The SMILES string of the molecule is C1=C(c2cccnc2)[C@@H]2NC[C@@H]2CC1. The van der Waals surface area contributed by atoms with E-state index in [9.17, 15) is 0 Å². The molecule has 0 bridgehead atoms. The van der Waals surface area contributed by atoms with E-state index in [1.165, 1.54) is 30.5 Å². The third-order valence-electron chi connectivity index (χ3n) is 3.30. The fraction of sp³-hybridized carbons (Fsp3) is 0.417. The van der Waals surface area contributed by atoms with E-state index in [1.807, 2.05) is 18.5 Å². The predicted octanol–water partition coefficient (Wildman–Crippen LogP) is 1.85. The summed E-state index contributed by atoms with van der Waals surface area (Å²) in [5.41, 5.74) is 2.75. The second kappa shape index (κ2) is 3.21. The van der Waals surface area contributed by atoms with Crippen LogP contribution in [0, 0.1) is 5.92 Å². The van der Waals surface area contributed by atoms with Crippen LogP contribution in [-0.4, -0.2) is 17.6 Å². The summed E-state index contributed by atoms with van der Waals surface area (Å²) in [6.45, 7) is 1.20. The molecule has 1 aliphatic heterocycles. The molecule has 0 spiro atoms. The maximum absolute atomic E-state index is 4.17. The number of allylic oxidation sites excluding steroid dienone is 1. The lowest BCUT2D eigenvalue weighted by atomic mass is 9.76. The van der Waals surface area contributed by atoms with Crippen LogP contribution in [0.3, 0.4) is 0 Å². The van der Waals surface area contributed by atoms with Gasteiger partial charge in [-0.25, -0.2) is 0 Å². The summed E-state index contributed by atoms with van der Waals surface area (Å²) in [7, 11) is 0. The lowest BCUT2D eigenvalue weighted by Crippen LogP contribution is -2.54. The highest BCUT2D eigenvalue weighted by atomic mass is 15.0. The first-order chi connectivity index (χ1) is 6.95. The van der Waals surface area contributed by atoms with Crippen LogP contribution in [0.1, 0.15) is 18.4 Å². The summed E-state index contributed by atoms with van der Waals surface area (Å²) in [5.74, 6) is 0.871. The number of pyridine rings is 1. The summed E-state index contributed by atoms with van der Waals surface area (Å²) in [6.07, 6.45) is 8.74. The van der Waals surface area contributed by atoms with Gasteiger partial charge in [0.15, 0.2) is 0 Å². The van der Waals surface area contributed by atoms with Crippen LogP contribution in [0.4, 0.5) is 0 Å². The Morgan fingerprint density at radius 3 is 3.14 bits per heavy atom. The molecule has 1 aromatic heterocycles. The van der Waals surface area contributed by atoms with Crippen LogP contribution in [0.25, 0.3) is 5.57 Å². The molecule has 0 saturated carbocycles. The van der Waals surface area contributed by atoms with Crippen molar-refractivity contribution >= 4 is 5.57 Å². The molecule has 1 saturated heterocycles. The topological polar surface area (TPSA) is 24.9 Å². The highest BCUT2D eigenvalue weighted by Crippen LogP contribution is 2.35. The smallest absolute Gasteiger partial charge is 0.0364 e. The molecule has 0 aromatic carbocycles. The van der Waals surface area contributed by atoms with Gasteiger partial charge in [-0.1, -0.05) is 12.1 Å². The quantitative estimate of drug-likeness (QED) is 0.724. The normalized spacial score (nSPS) is 30.1. The average molecular weight is 186 g/mol. The largest absolute Gasteiger partial charge is 0.309 e. The Bertz CT molecular complexity index is 356. The minimum absolute atomic E-state index is 0.605. The highest BCUT2D eigenvalue weighted by Gasteiger charge is 2.35. The van der Waals surface area contributed by atoms with Crippen LogP contribution in [0.15, 0.2) is 30.6 Å². The number of hydrogen-bond donors (Lipinski definition) is 1. The van der Waals surface area contributed by atoms with Crippen LogP contribution in [-0.2, 0) is 0 Å². The van der Waals surface area contributed by atoms with E-state index in [2.05, 4.69) is 22.4 Å². The van der Waals surface area contributed by atoms with Crippen LogP contribution in [0.5, 0.6) is 0 Å². The predicted molar refractivity (Wildman–Crippen MR) is 56.7 cm³/mol. The van der Waals surface area contributed by atoms with E-state index < -0.39 is 0 Å². The Morgan fingerprint density at radius 2 is 2.43 bits per heavy atom. The molecule has 1 N–H and O–H groups in total. The van der Waals surface area contributed by atoms with E-state index in [0.29, 0.717) is 6.04 Å². The second-order valence-corrected chi connectivity index (χ2v) is 4.12. The molecule has 0 radical (unpaired) electrons. The Balaban J connectivity index is 1.94. The number of nitrogens with zero attached hydrogens (tertiary/aromatic N) is 1. The van der Waals surface area contributed by atoms with Gasteiger partial charge in [0, 0.05) is 25.0 Å². The van der Waals surface area contributed by atoms with Gasteiger partial charge < -0.3 is 5.32 Å². The van der Waals surface area contributed by atoms with Gasteiger partial charge in [0.05, 0.1) is 0 Å². The molecule has 1 aromatic rings. The lowest BCUT2D eigenvalue weighted by Gasteiger charge is -2.42. The van der Waals surface area contributed by atoms with Crippen molar-refractivity contribution in [3.05, 3.63) is 36.2 Å². The van der Waals surface area contributed by atoms with E-state index in [0.717, 1.165) is 5.92 Å². The zero-order valence-corrected chi connectivity index (χ0v) is 8.11. The van der Waals surface area contributed by atoms with E-state index >= 15 is 0 Å². The van der Waals surface area contributed by atoms with E-state index in [1.54, 1.807) is 0 Å². The van der Waals surface area contributed by atoms with Gasteiger partial charge in [-0.15, -0.1) is 0 Å². The molecule has 0 amide bonds. The standard InChI is InChI=1S/C12H14N2/c1-3-10-8-14-12(10)11(5-1)9-4-2-6-13-7-9/h2,4-7,10,12,14H,1,3,8H2/t10-,12+/m0/s1. The van der Waals surface area contributed by atoms with Gasteiger partial charge in [-0.2, -0.15) is 0 Å². The van der Waals surface area contributed by atoms with E-state index in [-0.39, 0.29) is 0 Å². The van der Waals surface area contributed by atoms with Crippen LogP contribution >= 0.6 is 0 Å². The monoisotopic (exact) mass is 186 g/mol. The average Bonchev–Trinajstić information content (AvgIpc) is 2.21. The minimum atomic E-state index is 0.605. The number of rotatable bonds is 1. The van der Waals surface area contributed by atoms with Gasteiger partial charge in [-0.3, -0.25) is 4.98 Å². The number of hydrogen-bond acceptors (Lipinski definition) is 2. The van der Waals surface area contributed by atoms with Gasteiger partial charge in [0.25, 0.3) is 0 Å². The van der Waals surface area contributed by atoms with Crippen LogP contribution in [0.2, 0.25) is 0 Å². The molecule has 2 heteroatoms.